The Morgan fingerprint density at radius 3 is 2.62 bits per heavy atom. The van der Waals surface area contributed by atoms with Crippen LogP contribution in [0.25, 0.3) is 0 Å². The van der Waals surface area contributed by atoms with E-state index in [1.165, 1.54) is 0 Å². The summed E-state index contributed by atoms with van der Waals surface area (Å²) in [5.74, 6) is 1.53. The first-order valence-corrected chi connectivity index (χ1v) is 5.98. The van der Waals surface area contributed by atoms with Gasteiger partial charge >= 0.3 is 0 Å². The number of nitrogens with one attached hydrogen (secondary N) is 1. The zero-order valence-electron chi connectivity index (χ0n) is 10.2. The molecule has 0 spiro atoms. The van der Waals surface area contributed by atoms with Crippen molar-refractivity contribution >= 4 is 0 Å². The van der Waals surface area contributed by atoms with Gasteiger partial charge in [0, 0.05) is 31.6 Å². The lowest BCUT2D eigenvalue weighted by Gasteiger charge is -2.38. The van der Waals surface area contributed by atoms with Crippen LogP contribution in [0.3, 0.4) is 0 Å². The van der Waals surface area contributed by atoms with E-state index in [2.05, 4.69) is 34.2 Å². The van der Waals surface area contributed by atoms with E-state index >= 15 is 0 Å². The van der Waals surface area contributed by atoms with Crippen molar-refractivity contribution < 1.29 is 4.52 Å². The Bertz CT molecular complexity index is 328. The van der Waals surface area contributed by atoms with E-state index in [0.717, 1.165) is 37.8 Å². The lowest BCUT2D eigenvalue weighted by molar-refractivity contribution is 0.0947. The molecular weight excluding hydrogens is 204 g/mol. The van der Waals surface area contributed by atoms with Crippen LogP contribution < -0.4 is 5.32 Å². The van der Waals surface area contributed by atoms with Gasteiger partial charge in [0.15, 0.2) is 5.82 Å². The van der Waals surface area contributed by atoms with Crippen LogP contribution >= 0.6 is 0 Å². The Morgan fingerprint density at radius 1 is 1.38 bits per heavy atom. The van der Waals surface area contributed by atoms with Crippen molar-refractivity contribution in [3.05, 3.63) is 11.7 Å². The van der Waals surface area contributed by atoms with Crippen LogP contribution in [0.15, 0.2) is 4.52 Å². The van der Waals surface area contributed by atoms with E-state index in [0.29, 0.717) is 12.1 Å². The van der Waals surface area contributed by atoms with E-state index in [1.807, 2.05) is 6.92 Å². The molecule has 5 heteroatoms. The van der Waals surface area contributed by atoms with Crippen LogP contribution in [0.4, 0.5) is 0 Å². The lowest BCUT2D eigenvalue weighted by atomic mass is 10.1. The Kier molecular flexibility index (Phi) is 3.56. The third-order valence-electron chi connectivity index (χ3n) is 3.16. The van der Waals surface area contributed by atoms with Gasteiger partial charge in [-0.2, -0.15) is 4.98 Å². The molecule has 16 heavy (non-hydrogen) atoms. The van der Waals surface area contributed by atoms with E-state index in [4.69, 9.17) is 4.52 Å². The van der Waals surface area contributed by atoms with E-state index in [-0.39, 0.29) is 0 Å². The predicted molar refractivity (Wildman–Crippen MR) is 61.0 cm³/mol. The zero-order valence-corrected chi connectivity index (χ0v) is 10.2. The van der Waals surface area contributed by atoms with Gasteiger partial charge in [-0.25, -0.2) is 0 Å². The van der Waals surface area contributed by atoms with Crippen LogP contribution in [0.2, 0.25) is 0 Å². The van der Waals surface area contributed by atoms with Gasteiger partial charge in [0.2, 0.25) is 5.89 Å². The number of hydrogen-bond donors (Lipinski definition) is 1. The molecule has 2 heterocycles. The highest BCUT2D eigenvalue weighted by molar-refractivity contribution is 4.90. The first kappa shape index (κ1) is 11.5. The summed E-state index contributed by atoms with van der Waals surface area (Å²) in [7, 11) is 0. The van der Waals surface area contributed by atoms with Crippen molar-refractivity contribution in [2.24, 2.45) is 0 Å². The maximum atomic E-state index is 5.23. The van der Waals surface area contributed by atoms with E-state index < -0.39 is 0 Å². The van der Waals surface area contributed by atoms with Crippen LogP contribution in [0.1, 0.15) is 32.5 Å². The topological polar surface area (TPSA) is 54.2 Å². The molecule has 5 nitrogen and oxygen atoms in total. The Labute approximate surface area is 96.2 Å². The number of nitrogens with zero attached hydrogens (tertiary/aromatic N) is 3. The molecule has 0 radical (unpaired) electrons. The number of aromatic nitrogens is 2. The fourth-order valence-corrected chi connectivity index (χ4v) is 2.14. The third-order valence-corrected chi connectivity index (χ3v) is 3.16. The smallest absolute Gasteiger partial charge is 0.240 e. The maximum absolute atomic E-state index is 5.23. The number of rotatable bonds is 3. The fraction of sp³-hybridized carbons (Fsp3) is 0.818. The summed E-state index contributed by atoms with van der Waals surface area (Å²) in [5, 5.41) is 7.33. The number of aryl methyl sites for hydroxylation is 1. The monoisotopic (exact) mass is 224 g/mol. The largest absolute Gasteiger partial charge is 0.338 e. The zero-order chi connectivity index (χ0) is 11.5. The molecule has 90 valence electrons. The second-order valence-electron chi connectivity index (χ2n) is 4.49. The Hall–Kier alpha value is -0.940. The van der Waals surface area contributed by atoms with Crippen molar-refractivity contribution in [2.75, 3.05) is 13.1 Å². The first-order chi connectivity index (χ1) is 7.70. The summed E-state index contributed by atoms with van der Waals surface area (Å²) in [6, 6.07) is 1.03. The molecular formula is C11H20N4O. The second kappa shape index (κ2) is 4.93. The minimum atomic E-state index is 0.515. The summed E-state index contributed by atoms with van der Waals surface area (Å²) in [4.78, 5) is 6.76. The number of piperazine rings is 1. The molecule has 0 bridgehead atoms. The van der Waals surface area contributed by atoms with E-state index in [1.54, 1.807) is 0 Å². The molecule has 0 aromatic carbocycles. The molecule has 1 fully saturated rings. The van der Waals surface area contributed by atoms with Crippen molar-refractivity contribution in [3.8, 4) is 0 Å². The van der Waals surface area contributed by atoms with Gasteiger partial charge in [0.1, 0.15) is 0 Å². The van der Waals surface area contributed by atoms with Crippen molar-refractivity contribution in [3.63, 3.8) is 0 Å². The molecule has 2 atom stereocenters. The maximum Gasteiger partial charge on any atom is 0.240 e. The predicted octanol–water partition coefficient (Wildman–Crippen LogP) is 0.814. The SMILES string of the molecule is CCc1noc(CN2C(C)CNCC2C)n1. The molecule has 1 saturated heterocycles. The van der Waals surface area contributed by atoms with Gasteiger partial charge < -0.3 is 9.84 Å². The lowest BCUT2D eigenvalue weighted by Crippen LogP contribution is -2.54. The highest BCUT2D eigenvalue weighted by atomic mass is 16.5. The highest BCUT2D eigenvalue weighted by Gasteiger charge is 2.25. The average Bonchev–Trinajstić information content (AvgIpc) is 2.71. The van der Waals surface area contributed by atoms with Crippen LogP contribution in [-0.2, 0) is 13.0 Å². The molecule has 0 amide bonds. The molecule has 0 saturated carbocycles. The quantitative estimate of drug-likeness (QED) is 0.823. The van der Waals surface area contributed by atoms with Crippen LogP contribution in [0.5, 0.6) is 0 Å². The average molecular weight is 224 g/mol. The molecule has 1 aliphatic rings. The van der Waals surface area contributed by atoms with Crippen LogP contribution in [-0.4, -0.2) is 40.2 Å². The second-order valence-corrected chi connectivity index (χ2v) is 4.49. The van der Waals surface area contributed by atoms with Gasteiger partial charge in [-0.1, -0.05) is 12.1 Å². The molecule has 2 unspecified atom stereocenters. The van der Waals surface area contributed by atoms with Crippen LogP contribution in [0, 0.1) is 0 Å². The van der Waals surface area contributed by atoms with Crippen molar-refractivity contribution in [2.45, 2.75) is 45.8 Å². The Morgan fingerprint density at radius 2 is 2.06 bits per heavy atom. The van der Waals surface area contributed by atoms with Gasteiger partial charge in [0.05, 0.1) is 6.54 Å². The normalized spacial score (nSPS) is 27.2. The molecule has 0 aliphatic carbocycles. The van der Waals surface area contributed by atoms with Crippen molar-refractivity contribution in [1.29, 1.82) is 0 Å². The minimum absolute atomic E-state index is 0.515. The van der Waals surface area contributed by atoms with Gasteiger partial charge in [-0.3, -0.25) is 4.90 Å². The fourth-order valence-electron chi connectivity index (χ4n) is 2.14. The van der Waals surface area contributed by atoms with Crippen molar-refractivity contribution in [1.82, 2.24) is 20.4 Å². The summed E-state index contributed by atoms with van der Waals surface area (Å²) in [6.45, 7) is 9.29. The molecule has 1 aromatic heterocycles. The molecule has 1 aromatic rings. The highest BCUT2D eigenvalue weighted by Crippen LogP contribution is 2.13. The third kappa shape index (κ3) is 2.41. The molecule has 2 rings (SSSR count). The van der Waals surface area contributed by atoms with Gasteiger partial charge in [0.25, 0.3) is 0 Å². The summed E-state index contributed by atoms with van der Waals surface area (Å²) in [6.07, 6.45) is 0.830. The molecule has 1 N–H and O–H groups in total. The summed E-state index contributed by atoms with van der Waals surface area (Å²) in [5.41, 5.74) is 0. The first-order valence-electron chi connectivity index (χ1n) is 5.98. The summed E-state index contributed by atoms with van der Waals surface area (Å²) >= 11 is 0. The standard InChI is InChI=1S/C11H20N4O/c1-4-10-13-11(16-14-10)7-15-8(2)5-12-6-9(15)3/h8-9,12H,4-7H2,1-3H3. The van der Waals surface area contributed by atoms with E-state index in [9.17, 15) is 0 Å². The molecule has 1 aliphatic heterocycles. The minimum Gasteiger partial charge on any atom is -0.338 e. The van der Waals surface area contributed by atoms with Gasteiger partial charge in [-0.05, 0) is 13.8 Å². The number of hydrogen-bond acceptors (Lipinski definition) is 5. The van der Waals surface area contributed by atoms with Gasteiger partial charge in [-0.15, -0.1) is 0 Å². The Balaban J connectivity index is 2.01. The summed E-state index contributed by atoms with van der Waals surface area (Å²) < 4.78 is 5.23.